The Morgan fingerprint density at radius 1 is 1.15 bits per heavy atom. The Morgan fingerprint density at radius 2 is 1.92 bits per heavy atom. The maximum Gasteiger partial charge on any atom is 0.272 e. The first-order chi connectivity index (χ1) is 12.4. The van der Waals surface area contributed by atoms with Gasteiger partial charge < -0.3 is 10.6 Å². The van der Waals surface area contributed by atoms with Gasteiger partial charge in [0.15, 0.2) is 15.5 Å². The highest BCUT2D eigenvalue weighted by molar-refractivity contribution is 7.91. The molecule has 0 spiro atoms. The van der Waals surface area contributed by atoms with Crippen molar-refractivity contribution in [3.63, 3.8) is 0 Å². The van der Waals surface area contributed by atoms with Gasteiger partial charge in [-0.3, -0.25) is 4.79 Å². The fourth-order valence-corrected chi connectivity index (χ4v) is 4.50. The Hall–Kier alpha value is -2.19. The van der Waals surface area contributed by atoms with Gasteiger partial charge in [0.25, 0.3) is 5.91 Å². The number of nitrogens with one attached hydrogen (secondary N) is 2. The second kappa shape index (κ2) is 8.01. The first-order valence-electron chi connectivity index (χ1n) is 8.25. The zero-order valence-electron chi connectivity index (χ0n) is 14.0. The average molecular weight is 395 g/mol. The molecule has 7 nitrogen and oxygen atoms in total. The molecule has 1 atom stereocenters. The zero-order chi connectivity index (χ0) is 18.6. The quantitative estimate of drug-likeness (QED) is 0.773. The molecule has 2 aromatic rings. The van der Waals surface area contributed by atoms with E-state index in [0.717, 1.165) is 12.0 Å². The lowest BCUT2D eigenvalue weighted by Crippen LogP contribution is -2.36. The van der Waals surface area contributed by atoms with Crippen LogP contribution in [0.2, 0.25) is 5.02 Å². The van der Waals surface area contributed by atoms with E-state index in [1.54, 1.807) is 12.1 Å². The van der Waals surface area contributed by atoms with E-state index >= 15 is 0 Å². The highest BCUT2D eigenvalue weighted by Gasteiger charge is 2.29. The number of rotatable bonds is 6. The standard InChI is InChI=1S/C17H19ClN4O3S/c18-13-3-1-12(2-4-13)7-9-19-16-6-5-15(21-22-16)17(23)20-14-8-10-26(24,25)11-14/h1-6,14H,7-11H2,(H,19,22)(H,20,23). The molecular weight excluding hydrogens is 376 g/mol. The Labute approximate surface area is 157 Å². The summed E-state index contributed by atoms with van der Waals surface area (Å²) in [5.41, 5.74) is 1.31. The van der Waals surface area contributed by atoms with Crippen molar-refractivity contribution in [2.75, 3.05) is 23.4 Å². The Morgan fingerprint density at radius 3 is 2.54 bits per heavy atom. The minimum absolute atomic E-state index is 0.0174. The molecule has 0 saturated carbocycles. The predicted octanol–water partition coefficient (Wildman–Crippen LogP) is 1.70. The second-order valence-corrected chi connectivity index (χ2v) is 8.85. The Balaban J connectivity index is 1.48. The van der Waals surface area contributed by atoms with Crippen molar-refractivity contribution in [1.29, 1.82) is 0 Å². The largest absolute Gasteiger partial charge is 0.368 e. The second-order valence-electron chi connectivity index (χ2n) is 6.18. The lowest BCUT2D eigenvalue weighted by Gasteiger charge is -2.10. The van der Waals surface area contributed by atoms with Crippen molar-refractivity contribution in [2.24, 2.45) is 0 Å². The van der Waals surface area contributed by atoms with Crippen LogP contribution < -0.4 is 10.6 Å². The van der Waals surface area contributed by atoms with Crippen molar-refractivity contribution in [3.8, 4) is 0 Å². The van der Waals surface area contributed by atoms with Crippen LogP contribution in [-0.2, 0) is 16.3 Å². The molecule has 9 heteroatoms. The smallest absolute Gasteiger partial charge is 0.272 e. The van der Waals surface area contributed by atoms with Crippen LogP contribution in [0.4, 0.5) is 5.82 Å². The van der Waals surface area contributed by atoms with Gasteiger partial charge in [-0.1, -0.05) is 23.7 Å². The summed E-state index contributed by atoms with van der Waals surface area (Å²) in [6.45, 7) is 0.668. The number of amides is 1. The summed E-state index contributed by atoms with van der Waals surface area (Å²) < 4.78 is 22.9. The van der Waals surface area contributed by atoms with Crippen LogP contribution in [-0.4, -0.2) is 48.6 Å². The zero-order valence-corrected chi connectivity index (χ0v) is 15.6. The lowest BCUT2D eigenvalue weighted by molar-refractivity contribution is 0.0935. The van der Waals surface area contributed by atoms with Gasteiger partial charge in [0.1, 0.15) is 5.82 Å². The van der Waals surface area contributed by atoms with E-state index in [-0.39, 0.29) is 23.2 Å². The summed E-state index contributed by atoms with van der Waals surface area (Å²) in [6.07, 6.45) is 1.24. The van der Waals surface area contributed by atoms with Crippen molar-refractivity contribution >= 4 is 33.2 Å². The third kappa shape index (κ3) is 5.15. The molecule has 26 heavy (non-hydrogen) atoms. The van der Waals surface area contributed by atoms with E-state index in [1.807, 2.05) is 24.3 Å². The van der Waals surface area contributed by atoms with Crippen molar-refractivity contribution in [2.45, 2.75) is 18.9 Å². The van der Waals surface area contributed by atoms with E-state index in [9.17, 15) is 13.2 Å². The lowest BCUT2D eigenvalue weighted by atomic mass is 10.1. The number of benzene rings is 1. The molecule has 3 rings (SSSR count). The highest BCUT2D eigenvalue weighted by atomic mass is 35.5. The van der Waals surface area contributed by atoms with E-state index in [4.69, 9.17) is 11.6 Å². The van der Waals surface area contributed by atoms with Gasteiger partial charge in [0.2, 0.25) is 0 Å². The molecule has 1 aliphatic rings. The van der Waals surface area contributed by atoms with E-state index in [1.165, 1.54) is 0 Å². The van der Waals surface area contributed by atoms with Gasteiger partial charge >= 0.3 is 0 Å². The van der Waals surface area contributed by atoms with Crippen LogP contribution in [0.1, 0.15) is 22.5 Å². The first-order valence-corrected chi connectivity index (χ1v) is 10.4. The summed E-state index contributed by atoms with van der Waals surface area (Å²) in [6, 6.07) is 10.5. The fourth-order valence-electron chi connectivity index (χ4n) is 2.70. The number of nitrogens with zero attached hydrogens (tertiary/aromatic N) is 2. The number of carbonyl (C=O) groups is 1. The molecule has 1 saturated heterocycles. The molecule has 2 N–H and O–H groups in total. The number of sulfone groups is 1. The van der Waals surface area contributed by atoms with Gasteiger partial charge in [-0.2, -0.15) is 0 Å². The molecule has 1 aliphatic heterocycles. The maximum absolute atomic E-state index is 12.1. The summed E-state index contributed by atoms with van der Waals surface area (Å²) in [7, 11) is -3.03. The third-order valence-electron chi connectivity index (χ3n) is 4.10. The van der Waals surface area contributed by atoms with Crippen molar-refractivity contribution in [1.82, 2.24) is 15.5 Å². The van der Waals surface area contributed by atoms with Gasteiger partial charge in [0, 0.05) is 17.6 Å². The van der Waals surface area contributed by atoms with Gasteiger partial charge in [-0.05, 0) is 42.7 Å². The molecule has 1 amide bonds. The number of aromatic nitrogens is 2. The molecule has 1 aromatic heterocycles. The minimum atomic E-state index is -3.03. The molecule has 1 unspecified atom stereocenters. The van der Waals surface area contributed by atoms with E-state index in [0.29, 0.717) is 23.8 Å². The van der Waals surface area contributed by atoms with E-state index < -0.39 is 15.7 Å². The minimum Gasteiger partial charge on any atom is -0.368 e. The SMILES string of the molecule is O=C(NC1CCS(=O)(=O)C1)c1ccc(NCCc2ccc(Cl)cc2)nn1. The highest BCUT2D eigenvalue weighted by Crippen LogP contribution is 2.12. The molecule has 0 radical (unpaired) electrons. The number of carbonyl (C=O) groups excluding carboxylic acids is 1. The van der Waals surface area contributed by atoms with Crippen LogP contribution in [0.3, 0.4) is 0 Å². The normalized spacial score (nSPS) is 18.4. The molecule has 1 fully saturated rings. The third-order valence-corrected chi connectivity index (χ3v) is 6.12. The predicted molar refractivity (Wildman–Crippen MR) is 100 cm³/mol. The number of anilines is 1. The van der Waals surface area contributed by atoms with Gasteiger partial charge in [-0.25, -0.2) is 8.42 Å². The molecule has 138 valence electrons. The summed E-state index contributed by atoms with van der Waals surface area (Å²) in [5.74, 6) is 0.252. The molecule has 0 bridgehead atoms. The Bertz CT molecular complexity index is 870. The van der Waals surface area contributed by atoms with Crippen molar-refractivity contribution < 1.29 is 13.2 Å². The number of hydrogen-bond donors (Lipinski definition) is 2. The van der Waals surface area contributed by atoms with Crippen LogP contribution in [0, 0.1) is 0 Å². The number of hydrogen-bond acceptors (Lipinski definition) is 6. The Kier molecular flexibility index (Phi) is 5.73. The molecule has 1 aromatic carbocycles. The van der Waals surface area contributed by atoms with Crippen LogP contribution in [0.5, 0.6) is 0 Å². The molecule has 0 aliphatic carbocycles. The summed E-state index contributed by atoms with van der Waals surface area (Å²) >= 11 is 5.85. The van der Waals surface area contributed by atoms with Crippen LogP contribution in [0.15, 0.2) is 36.4 Å². The van der Waals surface area contributed by atoms with Crippen molar-refractivity contribution in [3.05, 3.63) is 52.7 Å². The van der Waals surface area contributed by atoms with Gasteiger partial charge in [0.05, 0.1) is 11.5 Å². The van der Waals surface area contributed by atoms with Crippen LogP contribution >= 0.6 is 11.6 Å². The van der Waals surface area contributed by atoms with Crippen LogP contribution in [0.25, 0.3) is 0 Å². The first kappa shape index (κ1) is 18.6. The monoisotopic (exact) mass is 394 g/mol. The fraction of sp³-hybridized carbons (Fsp3) is 0.353. The molecule has 2 heterocycles. The molecular formula is C17H19ClN4O3S. The topological polar surface area (TPSA) is 101 Å². The van der Waals surface area contributed by atoms with E-state index in [2.05, 4.69) is 20.8 Å². The summed E-state index contributed by atoms with van der Waals surface area (Å²) in [4.78, 5) is 12.1. The van der Waals surface area contributed by atoms with Gasteiger partial charge in [-0.15, -0.1) is 10.2 Å². The summed E-state index contributed by atoms with van der Waals surface area (Å²) in [5, 5.41) is 14.4. The number of halogens is 1. The average Bonchev–Trinajstić information content (AvgIpc) is 2.96. The maximum atomic E-state index is 12.1.